The minimum Gasteiger partial charge on any atom is -0.312 e. The van der Waals surface area contributed by atoms with E-state index < -0.39 is 0 Å². The second kappa shape index (κ2) is 5.17. The summed E-state index contributed by atoms with van der Waals surface area (Å²) in [6, 6.07) is 10.5. The Balaban J connectivity index is 1.54. The molecule has 0 saturated heterocycles. The third-order valence-corrected chi connectivity index (χ3v) is 4.24. The Morgan fingerprint density at radius 3 is 2.63 bits per heavy atom. The zero-order valence-electron chi connectivity index (χ0n) is 11.5. The third kappa shape index (κ3) is 2.87. The van der Waals surface area contributed by atoms with E-state index >= 15 is 0 Å². The fourth-order valence-electron chi connectivity index (χ4n) is 2.49. The van der Waals surface area contributed by atoms with Crippen molar-refractivity contribution in [1.82, 2.24) is 15.1 Å². The van der Waals surface area contributed by atoms with Gasteiger partial charge in [-0.3, -0.25) is 0 Å². The van der Waals surface area contributed by atoms with Crippen molar-refractivity contribution in [3.05, 3.63) is 48.3 Å². The average Bonchev–Trinajstić information content (AvgIpc) is 3.02. The molecule has 1 saturated carbocycles. The van der Waals surface area contributed by atoms with Crippen LogP contribution in [0.4, 0.5) is 0 Å². The van der Waals surface area contributed by atoms with Gasteiger partial charge in [-0.2, -0.15) is 5.10 Å². The molecule has 1 N–H and O–H groups in total. The number of nitrogens with one attached hydrogen (secondary N) is 1. The Bertz CT molecular complexity index is 509. The van der Waals surface area contributed by atoms with Gasteiger partial charge < -0.3 is 5.32 Å². The highest BCUT2D eigenvalue weighted by Gasteiger charge is 2.39. The first-order valence-corrected chi connectivity index (χ1v) is 7.11. The fraction of sp³-hybridized carbons (Fsp3) is 0.438. The topological polar surface area (TPSA) is 29.9 Å². The van der Waals surface area contributed by atoms with Gasteiger partial charge in [0.2, 0.25) is 0 Å². The molecule has 100 valence electrons. The smallest absolute Gasteiger partial charge is 0.0645 e. The first-order valence-electron chi connectivity index (χ1n) is 7.11. The molecular weight excluding hydrogens is 234 g/mol. The zero-order chi connectivity index (χ0) is 13.1. The monoisotopic (exact) mass is 255 g/mol. The Morgan fingerprint density at radius 2 is 2.05 bits per heavy atom. The lowest BCUT2D eigenvalue weighted by Gasteiger charge is -2.13. The quantitative estimate of drug-likeness (QED) is 0.859. The van der Waals surface area contributed by atoms with Crippen LogP contribution in [-0.4, -0.2) is 16.3 Å². The van der Waals surface area contributed by atoms with Crippen LogP contribution in [0.25, 0.3) is 5.69 Å². The van der Waals surface area contributed by atoms with Crippen LogP contribution in [0.5, 0.6) is 0 Å². The second-order valence-electron chi connectivity index (χ2n) is 5.57. The highest BCUT2D eigenvalue weighted by molar-refractivity contribution is 5.33. The van der Waals surface area contributed by atoms with Gasteiger partial charge in [0.1, 0.15) is 0 Å². The summed E-state index contributed by atoms with van der Waals surface area (Å²) in [5.41, 5.74) is 3.07. The molecule has 1 aliphatic carbocycles. The largest absolute Gasteiger partial charge is 0.312 e. The van der Waals surface area contributed by atoms with Crippen LogP contribution in [0.1, 0.15) is 31.7 Å². The number of aromatic nitrogens is 2. The molecule has 1 aliphatic rings. The van der Waals surface area contributed by atoms with Crippen molar-refractivity contribution in [3.63, 3.8) is 0 Å². The molecule has 0 bridgehead atoms. The van der Waals surface area contributed by atoms with Gasteiger partial charge in [-0.1, -0.05) is 19.1 Å². The molecule has 0 aliphatic heterocycles. The molecule has 1 aromatic heterocycles. The van der Waals surface area contributed by atoms with E-state index in [1.807, 2.05) is 16.9 Å². The summed E-state index contributed by atoms with van der Waals surface area (Å²) in [6.07, 6.45) is 7.86. The van der Waals surface area contributed by atoms with E-state index in [-0.39, 0.29) is 0 Å². The van der Waals surface area contributed by atoms with Crippen LogP contribution in [0.3, 0.4) is 0 Å². The van der Waals surface area contributed by atoms with Crippen molar-refractivity contribution in [2.45, 2.75) is 32.7 Å². The summed E-state index contributed by atoms with van der Waals surface area (Å²) in [4.78, 5) is 0. The molecule has 1 aromatic carbocycles. The number of hydrogen-bond acceptors (Lipinski definition) is 2. The standard InChI is InChI=1S/C16H21N3/c1-2-16(8-9-16)13-17-12-14-4-6-15(7-5-14)19-11-3-10-18-19/h3-7,10-11,17H,2,8-9,12-13H2,1H3. The first kappa shape index (κ1) is 12.4. The van der Waals surface area contributed by atoms with Crippen LogP contribution >= 0.6 is 0 Å². The number of nitrogens with zero attached hydrogens (tertiary/aromatic N) is 2. The van der Waals surface area contributed by atoms with Crippen molar-refractivity contribution >= 4 is 0 Å². The summed E-state index contributed by atoms with van der Waals surface area (Å²) in [7, 11) is 0. The molecule has 0 radical (unpaired) electrons. The molecule has 3 rings (SSSR count). The van der Waals surface area contributed by atoms with Crippen LogP contribution in [0, 0.1) is 5.41 Å². The average molecular weight is 255 g/mol. The summed E-state index contributed by atoms with van der Waals surface area (Å²) < 4.78 is 1.88. The minimum absolute atomic E-state index is 0.620. The Labute approximate surface area is 114 Å². The van der Waals surface area contributed by atoms with Gasteiger partial charge in [0.15, 0.2) is 0 Å². The molecular formula is C16H21N3. The maximum atomic E-state index is 4.23. The lowest BCUT2D eigenvalue weighted by molar-refractivity contribution is 0.443. The van der Waals surface area contributed by atoms with Gasteiger partial charge in [0.05, 0.1) is 5.69 Å². The van der Waals surface area contributed by atoms with E-state index in [0.717, 1.165) is 18.8 Å². The second-order valence-corrected chi connectivity index (χ2v) is 5.57. The molecule has 0 amide bonds. The van der Waals surface area contributed by atoms with Crippen molar-refractivity contribution < 1.29 is 0 Å². The van der Waals surface area contributed by atoms with E-state index in [9.17, 15) is 0 Å². The minimum atomic E-state index is 0.620. The van der Waals surface area contributed by atoms with Gasteiger partial charge >= 0.3 is 0 Å². The summed E-state index contributed by atoms with van der Waals surface area (Å²) >= 11 is 0. The van der Waals surface area contributed by atoms with E-state index in [0.29, 0.717) is 5.41 Å². The van der Waals surface area contributed by atoms with Gasteiger partial charge in [0, 0.05) is 25.5 Å². The molecule has 0 spiro atoms. The summed E-state index contributed by atoms with van der Waals surface area (Å²) in [5, 5.41) is 7.82. The molecule has 3 heteroatoms. The summed E-state index contributed by atoms with van der Waals surface area (Å²) in [6.45, 7) is 4.42. The van der Waals surface area contributed by atoms with Crippen LogP contribution < -0.4 is 5.32 Å². The van der Waals surface area contributed by atoms with Gasteiger partial charge in [-0.15, -0.1) is 0 Å². The van der Waals surface area contributed by atoms with Crippen molar-refractivity contribution in [2.24, 2.45) is 5.41 Å². The van der Waals surface area contributed by atoms with E-state index in [1.54, 1.807) is 6.20 Å². The van der Waals surface area contributed by atoms with Crippen molar-refractivity contribution in [2.75, 3.05) is 6.54 Å². The molecule has 0 atom stereocenters. The van der Waals surface area contributed by atoms with Crippen molar-refractivity contribution in [1.29, 1.82) is 0 Å². The predicted molar refractivity (Wildman–Crippen MR) is 77.2 cm³/mol. The highest BCUT2D eigenvalue weighted by Crippen LogP contribution is 2.47. The van der Waals surface area contributed by atoms with Crippen molar-refractivity contribution in [3.8, 4) is 5.69 Å². The van der Waals surface area contributed by atoms with Crippen LogP contribution in [0.2, 0.25) is 0 Å². The number of hydrogen-bond donors (Lipinski definition) is 1. The Morgan fingerprint density at radius 1 is 1.26 bits per heavy atom. The Hall–Kier alpha value is -1.61. The molecule has 0 unspecified atom stereocenters. The molecule has 1 heterocycles. The van der Waals surface area contributed by atoms with E-state index in [1.165, 1.54) is 24.8 Å². The van der Waals surface area contributed by atoms with E-state index in [4.69, 9.17) is 0 Å². The number of rotatable bonds is 6. The highest BCUT2D eigenvalue weighted by atomic mass is 15.3. The van der Waals surface area contributed by atoms with Crippen LogP contribution in [0.15, 0.2) is 42.7 Å². The lowest BCUT2D eigenvalue weighted by Crippen LogP contribution is -2.23. The van der Waals surface area contributed by atoms with Gasteiger partial charge in [0.25, 0.3) is 0 Å². The SMILES string of the molecule is CCC1(CNCc2ccc(-n3cccn3)cc2)CC1. The molecule has 2 aromatic rings. The maximum Gasteiger partial charge on any atom is 0.0645 e. The maximum absolute atomic E-state index is 4.23. The van der Waals surface area contributed by atoms with Gasteiger partial charge in [-0.25, -0.2) is 4.68 Å². The molecule has 3 nitrogen and oxygen atoms in total. The lowest BCUT2D eigenvalue weighted by atomic mass is 10.0. The normalized spacial score (nSPS) is 16.5. The van der Waals surface area contributed by atoms with Crippen LogP contribution in [-0.2, 0) is 6.54 Å². The molecule has 19 heavy (non-hydrogen) atoms. The van der Waals surface area contributed by atoms with E-state index in [2.05, 4.69) is 41.6 Å². The predicted octanol–water partition coefficient (Wildman–Crippen LogP) is 3.15. The number of benzene rings is 1. The van der Waals surface area contributed by atoms with Gasteiger partial charge in [-0.05, 0) is 48.4 Å². The first-order chi connectivity index (χ1) is 9.31. The third-order valence-electron chi connectivity index (χ3n) is 4.24. The summed E-state index contributed by atoms with van der Waals surface area (Å²) in [5.74, 6) is 0. The molecule has 1 fully saturated rings. The Kier molecular flexibility index (Phi) is 3.38. The zero-order valence-corrected chi connectivity index (χ0v) is 11.5. The fourth-order valence-corrected chi connectivity index (χ4v) is 2.49.